The first kappa shape index (κ1) is 13.3. The van der Waals surface area contributed by atoms with Gasteiger partial charge in [-0.15, -0.1) is 11.3 Å². The van der Waals surface area contributed by atoms with Crippen molar-refractivity contribution in [3.05, 3.63) is 51.2 Å². The molecule has 0 atom stereocenters. The van der Waals surface area contributed by atoms with Gasteiger partial charge in [0.1, 0.15) is 6.07 Å². The fourth-order valence-corrected chi connectivity index (χ4v) is 2.61. The van der Waals surface area contributed by atoms with Gasteiger partial charge in [-0.05, 0) is 49.1 Å². The van der Waals surface area contributed by atoms with E-state index in [9.17, 15) is 4.79 Å². The van der Waals surface area contributed by atoms with Gasteiger partial charge in [0.05, 0.1) is 11.3 Å². The van der Waals surface area contributed by atoms with Gasteiger partial charge in [0.2, 0.25) is 0 Å². The zero-order valence-electron chi connectivity index (χ0n) is 10.9. The Hall–Kier alpha value is -2.12. The molecule has 4 heteroatoms. The highest BCUT2D eigenvalue weighted by Gasteiger charge is 2.07. The summed E-state index contributed by atoms with van der Waals surface area (Å²) >= 11 is 1.68. The van der Waals surface area contributed by atoms with E-state index in [0.717, 1.165) is 0 Å². The topological polar surface area (TPSA) is 52.9 Å². The Morgan fingerprint density at radius 1 is 1.42 bits per heavy atom. The van der Waals surface area contributed by atoms with Gasteiger partial charge >= 0.3 is 0 Å². The molecule has 0 radical (unpaired) electrons. The molecular formula is C15H14N2OS. The van der Waals surface area contributed by atoms with Crippen LogP contribution in [0.3, 0.4) is 0 Å². The third-order valence-corrected chi connectivity index (χ3v) is 3.98. The quantitative estimate of drug-likeness (QED) is 0.861. The van der Waals surface area contributed by atoms with E-state index in [-0.39, 0.29) is 5.78 Å². The maximum Gasteiger partial charge on any atom is 0.159 e. The van der Waals surface area contributed by atoms with E-state index in [1.165, 1.54) is 17.4 Å². The number of carbonyl (C=O) groups excluding carboxylic acids is 1. The SMILES string of the molecule is CC(=O)c1ccc(C#N)c(NCc2sccc2C)c1. The van der Waals surface area contributed by atoms with E-state index >= 15 is 0 Å². The number of nitrogens with zero attached hydrogens (tertiary/aromatic N) is 1. The molecular weight excluding hydrogens is 256 g/mol. The summed E-state index contributed by atoms with van der Waals surface area (Å²) in [5.41, 5.74) is 3.12. The molecule has 0 spiro atoms. The van der Waals surface area contributed by atoms with Crippen molar-refractivity contribution in [2.24, 2.45) is 0 Å². The zero-order chi connectivity index (χ0) is 13.8. The van der Waals surface area contributed by atoms with Gasteiger partial charge < -0.3 is 5.32 Å². The molecule has 19 heavy (non-hydrogen) atoms. The highest BCUT2D eigenvalue weighted by molar-refractivity contribution is 7.10. The summed E-state index contributed by atoms with van der Waals surface area (Å²) in [5.74, 6) is -0.000144. The van der Waals surface area contributed by atoms with E-state index in [1.54, 1.807) is 29.5 Å². The molecule has 0 aliphatic carbocycles. The smallest absolute Gasteiger partial charge is 0.159 e. The standard InChI is InChI=1S/C15H14N2OS/c1-10-5-6-19-15(10)9-17-14-7-12(11(2)18)3-4-13(14)8-16/h3-7,17H,9H2,1-2H3. The van der Waals surface area contributed by atoms with E-state index in [0.29, 0.717) is 23.4 Å². The Bertz CT molecular complexity index is 652. The lowest BCUT2D eigenvalue weighted by atomic mass is 10.1. The molecule has 0 bridgehead atoms. The Labute approximate surface area is 116 Å². The number of thiophene rings is 1. The second-order valence-corrected chi connectivity index (χ2v) is 5.31. The number of benzene rings is 1. The average Bonchev–Trinajstić information content (AvgIpc) is 2.81. The summed E-state index contributed by atoms with van der Waals surface area (Å²) in [6, 6.07) is 9.31. The number of ketones is 1. The van der Waals surface area contributed by atoms with Crippen LogP contribution in [0.1, 0.15) is 33.3 Å². The number of hydrogen-bond acceptors (Lipinski definition) is 4. The molecule has 0 amide bonds. The number of Topliss-reactive ketones (excluding diaryl/α,β-unsaturated/α-hetero) is 1. The molecule has 3 nitrogen and oxygen atoms in total. The van der Waals surface area contributed by atoms with Gasteiger partial charge in [-0.2, -0.15) is 5.26 Å². The first-order valence-electron chi connectivity index (χ1n) is 5.93. The molecule has 96 valence electrons. The van der Waals surface area contributed by atoms with E-state index < -0.39 is 0 Å². The van der Waals surface area contributed by atoms with Crippen LogP contribution in [0.15, 0.2) is 29.6 Å². The maximum atomic E-state index is 11.4. The molecule has 1 N–H and O–H groups in total. The van der Waals surface area contributed by atoms with Crippen LogP contribution in [-0.4, -0.2) is 5.78 Å². The van der Waals surface area contributed by atoms with Crippen LogP contribution in [0.5, 0.6) is 0 Å². The Morgan fingerprint density at radius 2 is 2.21 bits per heavy atom. The van der Waals surface area contributed by atoms with Crippen molar-refractivity contribution in [1.29, 1.82) is 5.26 Å². The second kappa shape index (κ2) is 5.68. The molecule has 0 aliphatic heterocycles. The molecule has 1 aromatic heterocycles. The predicted molar refractivity (Wildman–Crippen MR) is 77.5 cm³/mol. The van der Waals surface area contributed by atoms with Gasteiger partial charge in [0.25, 0.3) is 0 Å². The Kier molecular flexibility index (Phi) is 3.98. The van der Waals surface area contributed by atoms with Crippen molar-refractivity contribution in [2.45, 2.75) is 20.4 Å². The van der Waals surface area contributed by atoms with Gasteiger partial charge in [-0.25, -0.2) is 0 Å². The molecule has 0 aliphatic rings. The first-order chi connectivity index (χ1) is 9.11. The number of aryl methyl sites for hydroxylation is 1. The lowest BCUT2D eigenvalue weighted by molar-refractivity contribution is 0.101. The summed E-state index contributed by atoms with van der Waals surface area (Å²) in [6.45, 7) is 4.25. The van der Waals surface area contributed by atoms with E-state index in [2.05, 4.69) is 24.4 Å². The molecule has 0 fully saturated rings. The predicted octanol–water partition coefficient (Wildman–Crippen LogP) is 3.74. The second-order valence-electron chi connectivity index (χ2n) is 4.31. The monoisotopic (exact) mass is 270 g/mol. The molecule has 0 saturated carbocycles. The minimum atomic E-state index is -0.000144. The summed E-state index contributed by atoms with van der Waals surface area (Å²) < 4.78 is 0. The van der Waals surface area contributed by atoms with Crippen LogP contribution < -0.4 is 5.32 Å². The fraction of sp³-hybridized carbons (Fsp3) is 0.200. The van der Waals surface area contributed by atoms with E-state index in [1.807, 2.05) is 5.38 Å². The lowest BCUT2D eigenvalue weighted by Crippen LogP contribution is -2.03. The van der Waals surface area contributed by atoms with E-state index in [4.69, 9.17) is 5.26 Å². The van der Waals surface area contributed by atoms with Crippen LogP contribution in [0.2, 0.25) is 0 Å². The molecule has 2 aromatic rings. The van der Waals surface area contributed by atoms with Crippen molar-refractivity contribution >= 4 is 22.8 Å². The van der Waals surface area contributed by atoms with Crippen molar-refractivity contribution in [3.63, 3.8) is 0 Å². The van der Waals surface area contributed by atoms with Crippen molar-refractivity contribution in [3.8, 4) is 6.07 Å². The number of carbonyl (C=O) groups is 1. The van der Waals surface area contributed by atoms with Crippen LogP contribution in [0.4, 0.5) is 5.69 Å². The number of nitriles is 1. The van der Waals surface area contributed by atoms with Crippen LogP contribution in [-0.2, 0) is 6.54 Å². The molecule has 1 aromatic carbocycles. The Morgan fingerprint density at radius 3 is 2.79 bits per heavy atom. The zero-order valence-corrected chi connectivity index (χ0v) is 11.7. The highest BCUT2D eigenvalue weighted by Crippen LogP contribution is 2.21. The molecule has 2 rings (SSSR count). The summed E-state index contributed by atoms with van der Waals surface area (Å²) in [7, 11) is 0. The highest BCUT2D eigenvalue weighted by atomic mass is 32.1. The minimum absolute atomic E-state index is 0.000144. The normalized spacial score (nSPS) is 9.95. The number of rotatable bonds is 4. The summed E-state index contributed by atoms with van der Waals surface area (Å²) in [6.07, 6.45) is 0. The maximum absolute atomic E-state index is 11.4. The summed E-state index contributed by atoms with van der Waals surface area (Å²) in [5, 5.41) is 14.4. The van der Waals surface area contributed by atoms with Gasteiger partial charge in [0, 0.05) is 17.0 Å². The fourth-order valence-electron chi connectivity index (χ4n) is 1.77. The third kappa shape index (κ3) is 3.01. The third-order valence-electron chi connectivity index (χ3n) is 2.95. The van der Waals surface area contributed by atoms with Crippen molar-refractivity contribution in [1.82, 2.24) is 0 Å². The molecule has 1 heterocycles. The lowest BCUT2D eigenvalue weighted by Gasteiger charge is -2.09. The van der Waals surface area contributed by atoms with Crippen LogP contribution >= 0.6 is 11.3 Å². The number of anilines is 1. The van der Waals surface area contributed by atoms with Gasteiger partial charge in [-0.3, -0.25) is 4.79 Å². The molecule has 0 saturated heterocycles. The van der Waals surface area contributed by atoms with Crippen molar-refractivity contribution in [2.75, 3.05) is 5.32 Å². The minimum Gasteiger partial charge on any atom is -0.379 e. The van der Waals surface area contributed by atoms with Crippen molar-refractivity contribution < 1.29 is 4.79 Å². The van der Waals surface area contributed by atoms with Gasteiger partial charge in [0.15, 0.2) is 5.78 Å². The van der Waals surface area contributed by atoms with Crippen LogP contribution in [0, 0.1) is 18.3 Å². The Balaban J connectivity index is 2.23. The first-order valence-corrected chi connectivity index (χ1v) is 6.81. The summed E-state index contributed by atoms with van der Waals surface area (Å²) in [4.78, 5) is 12.6. The number of nitrogens with one attached hydrogen (secondary N) is 1. The average molecular weight is 270 g/mol. The van der Waals surface area contributed by atoms with Crippen LogP contribution in [0.25, 0.3) is 0 Å². The van der Waals surface area contributed by atoms with Gasteiger partial charge in [-0.1, -0.05) is 0 Å². The largest absolute Gasteiger partial charge is 0.379 e. The molecule has 0 unspecified atom stereocenters. The number of hydrogen-bond donors (Lipinski definition) is 1.